The molecule has 4 heteroatoms. The molecule has 1 amide bonds. The van der Waals surface area contributed by atoms with Gasteiger partial charge in [0.25, 0.3) is 0 Å². The molecule has 0 bridgehead atoms. The zero-order chi connectivity index (χ0) is 12.6. The quantitative estimate of drug-likeness (QED) is 0.718. The number of hydrogen-bond acceptors (Lipinski definition) is 3. The number of rotatable bonds is 2. The lowest BCUT2D eigenvalue weighted by Crippen LogP contribution is -2.53. The molecule has 2 saturated heterocycles. The highest BCUT2D eigenvalue weighted by molar-refractivity contribution is 5.85. The molecule has 1 atom stereocenters. The summed E-state index contributed by atoms with van der Waals surface area (Å²) in [4.78, 5) is 27.7. The summed E-state index contributed by atoms with van der Waals surface area (Å²) in [6, 6.07) is 0.351. The van der Waals surface area contributed by atoms with Crippen LogP contribution in [0.4, 0.5) is 0 Å². The van der Waals surface area contributed by atoms with E-state index in [0.29, 0.717) is 19.0 Å². The van der Waals surface area contributed by atoms with Crippen molar-refractivity contribution in [1.82, 2.24) is 9.80 Å². The first kappa shape index (κ1) is 12.6. The third kappa shape index (κ3) is 2.68. The van der Waals surface area contributed by atoms with Gasteiger partial charge in [0.15, 0.2) is 5.78 Å². The monoisotopic (exact) mass is 238 g/mol. The first-order chi connectivity index (χ1) is 7.88. The Morgan fingerprint density at radius 3 is 2.71 bits per heavy atom. The van der Waals surface area contributed by atoms with Gasteiger partial charge in [-0.1, -0.05) is 20.8 Å². The minimum Gasteiger partial charge on any atom is -0.337 e. The third-order valence-electron chi connectivity index (χ3n) is 3.78. The zero-order valence-electron chi connectivity index (χ0n) is 11.0. The molecule has 0 saturated carbocycles. The van der Waals surface area contributed by atoms with Crippen molar-refractivity contribution >= 4 is 11.7 Å². The average Bonchev–Trinajstić information content (AvgIpc) is 2.59. The second kappa shape index (κ2) is 4.41. The number of carbonyl (C=O) groups is 2. The lowest BCUT2D eigenvalue weighted by Gasteiger charge is -2.38. The van der Waals surface area contributed by atoms with Gasteiger partial charge in [-0.25, -0.2) is 0 Å². The minimum absolute atomic E-state index is 0.261. The normalized spacial score (nSPS) is 26.2. The van der Waals surface area contributed by atoms with Crippen LogP contribution in [-0.2, 0) is 9.59 Å². The summed E-state index contributed by atoms with van der Waals surface area (Å²) in [7, 11) is 0. The second-order valence-electron chi connectivity index (χ2n) is 6.19. The molecule has 0 aromatic rings. The molecule has 0 N–H and O–H groups in total. The Hall–Kier alpha value is -0.900. The molecule has 0 aromatic heterocycles. The van der Waals surface area contributed by atoms with E-state index in [1.807, 2.05) is 25.7 Å². The smallest absolute Gasteiger partial charge is 0.222 e. The topological polar surface area (TPSA) is 40.6 Å². The summed E-state index contributed by atoms with van der Waals surface area (Å²) < 4.78 is 0. The molecule has 2 fully saturated rings. The van der Waals surface area contributed by atoms with Crippen LogP contribution in [-0.4, -0.2) is 53.7 Å². The number of nitrogens with zero attached hydrogens (tertiary/aromatic N) is 2. The van der Waals surface area contributed by atoms with Crippen LogP contribution in [0.2, 0.25) is 0 Å². The number of amides is 1. The second-order valence-corrected chi connectivity index (χ2v) is 6.19. The first-order valence-corrected chi connectivity index (χ1v) is 6.43. The third-order valence-corrected chi connectivity index (χ3v) is 3.78. The highest BCUT2D eigenvalue weighted by atomic mass is 16.2. The molecule has 96 valence electrons. The van der Waals surface area contributed by atoms with Gasteiger partial charge in [-0.15, -0.1) is 0 Å². The fourth-order valence-electron chi connectivity index (χ4n) is 2.51. The molecule has 2 heterocycles. The van der Waals surface area contributed by atoms with Crippen LogP contribution in [0, 0.1) is 5.41 Å². The van der Waals surface area contributed by atoms with Crippen LogP contribution in [0.5, 0.6) is 0 Å². The van der Waals surface area contributed by atoms with Gasteiger partial charge in [0.2, 0.25) is 5.91 Å². The predicted octanol–water partition coefficient (Wildman–Crippen LogP) is 0.908. The maximum atomic E-state index is 12.0. The minimum atomic E-state index is -0.261. The van der Waals surface area contributed by atoms with Crippen LogP contribution >= 0.6 is 0 Å². The Morgan fingerprint density at radius 2 is 2.06 bits per heavy atom. The van der Waals surface area contributed by atoms with E-state index in [0.717, 1.165) is 26.1 Å². The summed E-state index contributed by atoms with van der Waals surface area (Å²) >= 11 is 0. The van der Waals surface area contributed by atoms with E-state index in [2.05, 4.69) is 4.90 Å². The van der Waals surface area contributed by atoms with Crippen LogP contribution in [0.1, 0.15) is 33.6 Å². The van der Waals surface area contributed by atoms with E-state index in [1.165, 1.54) is 0 Å². The fraction of sp³-hybridized carbons (Fsp3) is 0.846. The van der Waals surface area contributed by atoms with E-state index in [-0.39, 0.29) is 17.1 Å². The first-order valence-electron chi connectivity index (χ1n) is 6.43. The van der Waals surface area contributed by atoms with Gasteiger partial charge in [-0.2, -0.15) is 0 Å². The highest BCUT2D eigenvalue weighted by Gasteiger charge is 2.36. The van der Waals surface area contributed by atoms with Crippen LogP contribution in [0.15, 0.2) is 0 Å². The molecule has 0 radical (unpaired) electrons. The Balaban J connectivity index is 1.90. The lowest BCUT2D eigenvalue weighted by molar-refractivity contribution is -0.132. The summed E-state index contributed by atoms with van der Waals surface area (Å²) in [5.74, 6) is 0.576. The maximum Gasteiger partial charge on any atom is 0.222 e. The van der Waals surface area contributed by atoms with Gasteiger partial charge in [0.05, 0.1) is 6.54 Å². The number of piperazine rings is 1. The molecular formula is C13H22N2O2. The Labute approximate surface area is 103 Å². The number of fused-ring (bicyclic) bond motifs is 1. The van der Waals surface area contributed by atoms with Gasteiger partial charge in [0, 0.05) is 37.5 Å². The van der Waals surface area contributed by atoms with E-state index < -0.39 is 0 Å². The van der Waals surface area contributed by atoms with Crippen molar-refractivity contribution in [1.29, 1.82) is 0 Å². The predicted molar refractivity (Wildman–Crippen MR) is 65.6 cm³/mol. The van der Waals surface area contributed by atoms with Crippen molar-refractivity contribution in [2.75, 3.05) is 26.2 Å². The fourth-order valence-corrected chi connectivity index (χ4v) is 2.51. The maximum absolute atomic E-state index is 12.0. The zero-order valence-corrected chi connectivity index (χ0v) is 11.0. The van der Waals surface area contributed by atoms with Gasteiger partial charge in [0.1, 0.15) is 0 Å². The number of carbonyl (C=O) groups excluding carboxylic acids is 2. The molecule has 0 spiro atoms. The largest absolute Gasteiger partial charge is 0.337 e. The lowest BCUT2D eigenvalue weighted by atomic mass is 9.90. The van der Waals surface area contributed by atoms with E-state index in [9.17, 15) is 9.59 Å². The van der Waals surface area contributed by atoms with E-state index >= 15 is 0 Å². The molecule has 4 nitrogen and oxygen atoms in total. The summed E-state index contributed by atoms with van der Waals surface area (Å²) in [6.45, 7) is 8.92. The van der Waals surface area contributed by atoms with Crippen molar-refractivity contribution in [3.05, 3.63) is 0 Å². The van der Waals surface area contributed by atoms with Crippen molar-refractivity contribution < 1.29 is 9.59 Å². The summed E-state index contributed by atoms with van der Waals surface area (Å²) in [5, 5.41) is 0. The van der Waals surface area contributed by atoms with Gasteiger partial charge >= 0.3 is 0 Å². The Kier molecular flexibility index (Phi) is 3.25. The average molecular weight is 238 g/mol. The molecular weight excluding hydrogens is 216 g/mol. The van der Waals surface area contributed by atoms with E-state index in [1.54, 1.807) is 0 Å². The van der Waals surface area contributed by atoms with Crippen molar-refractivity contribution in [2.45, 2.75) is 39.7 Å². The number of Topliss-reactive ketones (excluding diaryl/α,β-unsaturated/α-hetero) is 1. The van der Waals surface area contributed by atoms with Gasteiger partial charge < -0.3 is 4.90 Å². The Bertz CT molecular complexity index is 333. The Morgan fingerprint density at radius 1 is 1.35 bits per heavy atom. The summed E-state index contributed by atoms with van der Waals surface area (Å²) in [5.41, 5.74) is -0.261. The molecule has 2 rings (SSSR count). The molecule has 2 aliphatic heterocycles. The van der Waals surface area contributed by atoms with Gasteiger partial charge in [-0.05, 0) is 6.42 Å². The molecule has 1 unspecified atom stereocenters. The van der Waals surface area contributed by atoms with Crippen molar-refractivity contribution in [3.63, 3.8) is 0 Å². The van der Waals surface area contributed by atoms with Crippen LogP contribution in [0.3, 0.4) is 0 Å². The van der Waals surface area contributed by atoms with Crippen LogP contribution in [0.25, 0.3) is 0 Å². The van der Waals surface area contributed by atoms with Gasteiger partial charge in [-0.3, -0.25) is 14.5 Å². The molecule has 0 aromatic carbocycles. The number of ketones is 1. The number of hydrogen-bond donors (Lipinski definition) is 0. The van der Waals surface area contributed by atoms with Crippen LogP contribution < -0.4 is 0 Å². The molecule has 17 heavy (non-hydrogen) atoms. The SMILES string of the molecule is CC(C)(C)C(=O)CN1CCN2C(=O)CCC2C1. The van der Waals surface area contributed by atoms with Crippen molar-refractivity contribution in [2.24, 2.45) is 5.41 Å². The standard InChI is InChI=1S/C13H22N2O2/c1-13(2,3)11(16)9-14-6-7-15-10(8-14)4-5-12(15)17/h10H,4-9H2,1-3H3. The summed E-state index contributed by atoms with van der Waals surface area (Å²) in [6.07, 6.45) is 1.64. The molecule has 0 aliphatic carbocycles. The van der Waals surface area contributed by atoms with E-state index in [4.69, 9.17) is 0 Å². The van der Waals surface area contributed by atoms with Crippen molar-refractivity contribution in [3.8, 4) is 0 Å². The molecule has 2 aliphatic rings. The highest BCUT2D eigenvalue weighted by Crippen LogP contribution is 2.23.